The Morgan fingerprint density at radius 1 is 1.14 bits per heavy atom. The molecule has 0 bridgehead atoms. The largest absolute Gasteiger partial charge is 0.387 e. The van der Waals surface area contributed by atoms with Crippen molar-refractivity contribution >= 4 is 46.1 Å². The van der Waals surface area contributed by atoms with Gasteiger partial charge in [0.25, 0.3) is 5.91 Å². The van der Waals surface area contributed by atoms with E-state index in [4.69, 9.17) is 27.9 Å². The molecule has 1 fully saturated rings. The summed E-state index contributed by atoms with van der Waals surface area (Å²) in [4.78, 5) is 34.1. The number of likely N-dealkylation sites (N-methyl/N-ethyl adjacent to an activating group) is 1. The molecule has 4 aromatic rings. The highest BCUT2D eigenvalue weighted by Crippen LogP contribution is 2.34. The van der Waals surface area contributed by atoms with Crippen LogP contribution >= 0.6 is 23.2 Å². The average molecular weight is 531 g/mol. The van der Waals surface area contributed by atoms with Crippen molar-refractivity contribution in [2.45, 2.75) is 31.1 Å². The van der Waals surface area contributed by atoms with Gasteiger partial charge in [-0.15, -0.1) is 0 Å². The summed E-state index contributed by atoms with van der Waals surface area (Å²) >= 11 is 12.2. The van der Waals surface area contributed by atoms with E-state index in [0.29, 0.717) is 32.6 Å². The Hall–Kier alpha value is -3.42. The van der Waals surface area contributed by atoms with Crippen LogP contribution in [0.25, 0.3) is 22.6 Å². The van der Waals surface area contributed by atoms with Gasteiger partial charge in [-0.05, 0) is 18.2 Å². The number of fused-ring (bicyclic) bond motifs is 1. The molecule has 1 aliphatic heterocycles. The van der Waals surface area contributed by atoms with Gasteiger partial charge in [0.15, 0.2) is 35.1 Å². The van der Waals surface area contributed by atoms with Crippen LogP contribution in [0.1, 0.15) is 11.9 Å². The molecule has 1 saturated heterocycles. The van der Waals surface area contributed by atoms with Crippen molar-refractivity contribution in [3.63, 3.8) is 0 Å². The van der Waals surface area contributed by atoms with Crippen molar-refractivity contribution in [3.8, 4) is 11.4 Å². The van der Waals surface area contributed by atoms with E-state index in [2.05, 4.69) is 35.6 Å². The maximum Gasteiger partial charge on any atom is 0.251 e. The van der Waals surface area contributed by atoms with Crippen LogP contribution < -0.4 is 10.6 Å². The Labute approximate surface area is 214 Å². The normalized spacial score (nSPS) is 21.6. The summed E-state index contributed by atoms with van der Waals surface area (Å²) < 4.78 is 7.15. The average Bonchev–Trinajstić information content (AvgIpc) is 3.43. The van der Waals surface area contributed by atoms with Crippen LogP contribution in [0.4, 0.5) is 5.82 Å². The van der Waals surface area contributed by atoms with Gasteiger partial charge in [-0.3, -0.25) is 19.3 Å². The molecule has 0 spiro atoms. The number of nitrogens with zero attached hydrogens (tertiary/aromatic N) is 6. The van der Waals surface area contributed by atoms with Gasteiger partial charge in [-0.2, -0.15) is 0 Å². The van der Waals surface area contributed by atoms with E-state index >= 15 is 0 Å². The molecule has 0 aliphatic carbocycles. The summed E-state index contributed by atoms with van der Waals surface area (Å²) in [7, 11) is 1.41. The van der Waals surface area contributed by atoms with Crippen LogP contribution in [0, 0.1) is 0 Å². The molecule has 0 saturated carbocycles. The lowest BCUT2D eigenvalue weighted by Gasteiger charge is -2.17. The smallest absolute Gasteiger partial charge is 0.251 e. The number of hydrogen-bond donors (Lipinski definition) is 4. The standard InChI is InChI=1S/C22H20Cl2N8O4/c1-25-21(35)17-15(33)16(34)22(36-17)32-9-29-14-19(28-8-13-5-11(23)2-3-27-13)30-18(31-20(14)32)10-4-12(24)7-26-6-10/h2-7,9,15-17,22,33-34H,8H2,1H3,(H,25,35)(H,28,30,31)/t15-,16+,17-,22+/m0/s1. The SMILES string of the molecule is CNC(=O)[C@H]1O[C@@H](n2cnc3c(NCc4cc(Cl)ccn4)nc(-c4cncc(Cl)c4)nc32)[C@H](O)[C@@H]1O. The molecule has 4 aromatic heterocycles. The van der Waals surface area contributed by atoms with Crippen molar-refractivity contribution in [3.05, 3.63) is 58.9 Å². The Balaban J connectivity index is 1.58. The van der Waals surface area contributed by atoms with E-state index < -0.39 is 30.4 Å². The van der Waals surface area contributed by atoms with E-state index in [0.717, 1.165) is 0 Å². The summed E-state index contributed by atoms with van der Waals surface area (Å²) in [5.41, 5.74) is 1.86. The highest BCUT2D eigenvalue weighted by Gasteiger charge is 2.47. The Morgan fingerprint density at radius 2 is 1.97 bits per heavy atom. The van der Waals surface area contributed by atoms with E-state index in [-0.39, 0.29) is 18.0 Å². The Kier molecular flexibility index (Phi) is 6.69. The third kappa shape index (κ3) is 4.56. The first kappa shape index (κ1) is 24.3. The molecule has 36 heavy (non-hydrogen) atoms. The summed E-state index contributed by atoms with van der Waals surface area (Å²) in [5, 5.41) is 27.6. The van der Waals surface area contributed by atoms with Gasteiger partial charge in [0, 0.05) is 36.2 Å². The second-order valence-electron chi connectivity index (χ2n) is 7.97. The molecule has 1 aliphatic rings. The molecule has 4 atom stereocenters. The second kappa shape index (κ2) is 9.91. The number of nitrogens with one attached hydrogen (secondary N) is 2. The molecule has 0 radical (unpaired) electrons. The maximum atomic E-state index is 12.1. The van der Waals surface area contributed by atoms with Gasteiger partial charge >= 0.3 is 0 Å². The third-order valence-electron chi connectivity index (χ3n) is 5.62. The lowest BCUT2D eigenvalue weighted by molar-refractivity contribution is -0.137. The number of aliphatic hydroxyl groups excluding tert-OH is 2. The van der Waals surface area contributed by atoms with Crippen molar-refractivity contribution in [1.29, 1.82) is 0 Å². The molecule has 5 rings (SSSR count). The van der Waals surface area contributed by atoms with Gasteiger partial charge in [-0.1, -0.05) is 23.2 Å². The molecule has 14 heteroatoms. The fourth-order valence-electron chi connectivity index (χ4n) is 3.86. The fraction of sp³-hybridized carbons (Fsp3) is 0.273. The third-order valence-corrected chi connectivity index (χ3v) is 6.06. The van der Waals surface area contributed by atoms with Crippen molar-refractivity contribution in [1.82, 2.24) is 34.8 Å². The zero-order valence-corrected chi connectivity index (χ0v) is 20.2. The van der Waals surface area contributed by atoms with Crippen LogP contribution in [-0.4, -0.2) is 71.0 Å². The lowest BCUT2D eigenvalue weighted by Crippen LogP contribution is -2.41. The topological polar surface area (TPSA) is 160 Å². The minimum Gasteiger partial charge on any atom is -0.387 e. The number of halogens is 2. The number of imidazole rings is 1. The lowest BCUT2D eigenvalue weighted by atomic mass is 10.1. The van der Waals surface area contributed by atoms with E-state index in [1.165, 1.54) is 24.1 Å². The van der Waals surface area contributed by atoms with E-state index in [9.17, 15) is 15.0 Å². The van der Waals surface area contributed by atoms with Crippen molar-refractivity contribution in [2.75, 3.05) is 12.4 Å². The monoisotopic (exact) mass is 530 g/mol. The number of carbonyl (C=O) groups is 1. The number of hydrogen-bond acceptors (Lipinski definition) is 10. The van der Waals surface area contributed by atoms with Crippen LogP contribution in [0.15, 0.2) is 43.1 Å². The number of aromatic nitrogens is 6. The number of anilines is 1. The fourth-order valence-corrected chi connectivity index (χ4v) is 4.21. The molecule has 0 aromatic carbocycles. The molecule has 4 N–H and O–H groups in total. The van der Waals surface area contributed by atoms with Crippen molar-refractivity contribution in [2.24, 2.45) is 0 Å². The number of carbonyl (C=O) groups excluding carboxylic acids is 1. The highest BCUT2D eigenvalue weighted by atomic mass is 35.5. The molecule has 186 valence electrons. The quantitative estimate of drug-likeness (QED) is 0.288. The Morgan fingerprint density at radius 3 is 2.72 bits per heavy atom. The molecule has 12 nitrogen and oxygen atoms in total. The minimum atomic E-state index is -1.45. The first-order valence-corrected chi connectivity index (χ1v) is 11.5. The molecule has 5 heterocycles. The number of rotatable bonds is 6. The van der Waals surface area contributed by atoms with Crippen molar-refractivity contribution < 1.29 is 19.7 Å². The second-order valence-corrected chi connectivity index (χ2v) is 8.85. The van der Waals surface area contributed by atoms with Crippen LogP contribution in [-0.2, 0) is 16.1 Å². The van der Waals surface area contributed by atoms with Crippen LogP contribution in [0.5, 0.6) is 0 Å². The summed E-state index contributed by atoms with van der Waals surface area (Å²) in [5.74, 6) is 0.0771. The zero-order chi connectivity index (χ0) is 25.4. The van der Waals surface area contributed by atoms with Gasteiger partial charge < -0.3 is 25.6 Å². The van der Waals surface area contributed by atoms with E-state index in [1.54, 1.807) is 30.6 Å². The predicted molar refractivity (Wildman–Crippen MR) is 130 cm³/mol. The summed E-state index contributed by atoms with van der Waals surface area (Å²) in [6.07, 6.45) is 0.783. The highest BCUT2D eigenvalue weighted by molar-refractivity contribution is 6.30. The number of amides is 1. The van der Waals surface area contributed by atoms with Gasteiger partial charge in [-0.25, -0.2) is 15.0 Å². The predicted octanol–water partition coefficient (Wildman–Crippen LogP) is 1.57. The maximum absolute atomic E-state index is 12.1. The van der Waals surface area contributed by atoms with Gasteiger partial charge in [0.05, 0.1) is 23.6 Å². The molecule has 1 amide bonds. The first-order valence-electron chi connectivity index (χ1n) is 10.8. The number of ether oxygens (including phenoxy) is 1. The minimum absolute atomic E-state index is 0.275. The Bertz CT molecular complexity index is 1430. The number of aliphatic hydroxyl groups is 2. The molecular formula is C22H20Cl2N8O4. The van der Waals surface area contributed by atoms with E-state index in [1.807, 2.05) is 0 Å². The van der Waals surface area contributed by atoms with Gasteiger partial charge in [0.1, 0.15) is 12.2 Å². The first-order chi connectivity index (χ1) is 17.4. The van der Waals surface area contributed by atoms with Crippen LogP contribution in [0.3, 0.4) is 0 Å². The molecular weight excluding hydrogens is 511 g/mol. The molecule has 0 unspecified atom stereocenters. The zero-order valence-electron chi connectivity index (χ0n) is 18.7. The summed E-state index contributed by atoms with van der Waals surface area (Å²) in [6, 6.07) is 5.05. The number of pyridine rings is 2. The van der Waals surface area contributed by atoms with Crippen LogP contribution in [0.2, 0.25) is 10.0 Å². The summed E-state index contributed by atoms with van der Waals surface area (Å²) in [6.45, 7) is 0.285. The van der Waals surface area contributed by atoms with Gasteiger partial charge in [0.2, 0.25) is 0 Å².